The number of anilines is 1. The smallest absolute Gasteiger partial charge is 0.273 e. The summed E-state index contributed by atoms with van der Waals surface area (Å²) < 4.78 is 0. The van der Waals surface area contributed by atoms with Gasteiger partial charge in [-0.2, -0.15) is 10.5 Å². The van der Waals surface area contributed by atoms with Gasteiger partial charge in [0.05, 0.1) is 11.3 Å². The molecule has 0 unspecified atom stereocenters. The van der Waals surface area contributed by atoms with E-state index in [-0.39, 0.29) is 5.57 Å². The molecule has 0 aromatic heterocycles. The highest BCUT2D eigenvalue weighted by molar-refractivity contribution is 6.15. The summed E-state index contributed by atoms with van der Waals surface area (Å²) in [5.74, 6) is -0.428. The van der Waals surface area contributed by atoms with Gasteiger partial charge in [0, 0.05) is 5.70 Å². The highest BCUT2D eigenvalue weighted by atomic mass is 16.2. The lowest BCUT2D eigenvalue weighted by Crippen LogP contribution is -2.25. The van der Waals surface area contributed by atoms with Crippen LogP contribution in [0, 0.1) is 22.7 Å². The molecular formula is C14H9N3O. The van der Waals surface area contributed by atoms with Crippen molar-refractivity contribution in [3.63, 3.8) is 0 Å². The van der Waals surface area contributed by atoms with Crippen LogP contribution in [0.15, 0.2) is 47.7 Å². The van der Waals surface area contributed by atoms with Crippen LogP contribution >= 0.6 is 0 Å². The van der Waals surface area contributed by atoms with Crippen LogP contribution in [-0.2, 0) is 4.79 Å². The molecule has 0 saturated carbocycles. The predicted molar refractivity (Wildman–Crippen MR) is 66.1 cm³/mol. The standard InChI is InChI=1S/C14H9N3O/c1-9-10(2)17(14(18)12(9)8-16)13-6-4-3-5-11(13)7-15/h3-6H,2H2,1H3. The first-order valence-corrected chi connectivity index (χ1v) is 5.25. The number of nitriles is 2. The summed E-state index contributed by atoms with van der Waals surface area (Å²) in [5.41, 5.74) is 1.90. The third-order valence-corrected chi connectivity index (χ3v) is 2.87. The molecule has 1 aromatic carbocycles. The highest BCUT2D eigenvalue weighted by Crippen LogP contribution is 2.34. The van der Waals surface area contributed by atoms with E-state index in [1.165, 1.54) is 4.90 Å². The molecule has 0 saturated heterocycles. The van der Waals surface area contributed by atoms with Crippen molar-refractivity contribution >= 4 is 11.6 Å². The number of carbonyl (C=O) groups excluding carboxylic acids is 1. The van der Waals surface area contributed by atoms with Crippen LogP contribution in [0.1, 0.15) is 12.5 Å². The minimum absolute atomic E-state index is 0.0766. The summed E-state index contributed by atoms with van der Waals surface area (Å²) in [7, 11) is 0. The number of nitrogens with zero attached hydrogens (tertiary/aromatic N) is 3. The Balaban J connectivity index is 2.58. The Labute approximate surface area is 105 Å². The number of para-hydroxylation sites is 1. The minimum atomic E-state index is -0.428. The Morgan fingerprint density at radius 2 is 1.89 bits per heavy atom. The minimum Gasteiger partial charge on any atom is -0.275 e. The number of rotatable bonds is 1. The zero-order valence-electron chi connectivity index (χ0n) is 9.77. The Bertz CT molecular complexity index is 671. The van der Waals surface area contributed by atoms with E-state index < -0.39 is 5.91 Å². The Hall–Kier alpha value is -2.85. The second kappa shape index (κ2) is 4.20. The normalized spacial score (nSPS) is 14.7. The summed E-state index contributed by atoms with van der Waals surface area (Å²) in [5, 5.41) is 18.0. The molecular weight excluding hydrogens is 226 g/mol. The SMILES string of the molecule is C=C1C(C)=C(C#N)C(=O)N1c1ccccc1C#N. The zero-order valence-corrected chi connectivity index (χ0v) is 9.77. The average molecular weight is 235 g/mol. The molecule has 86 valence electrons. The lowest BCUT2D eigenvalue weighted by atomic mass is 10.1. The fourth-order valence-electron chi connectivity index (χ4n) is 1.86. The van der Waals surface area contributed by atoms with Crippen molar-refractivity contribution in [2.45, 2.75) is 6.92 Å². The maximum absolute atomic E-state index is 12.1. The summed E-state index contributed by atoms with van der Waals surface area (Å²) in [6, 6.07) is 10.6. The van der Waals surface area contributed by atoms with E-state index in [4.69, 9.17) is 10.5 Å². The van der Waals surface area contributed by atoms with Crippen molar-refractivity contribution in [3.8, 4) is 12.1 Å². The highest BCUT2D eigenvalue weighted by Gasteiger charge is 2.33. The van der Waals surface area contributed by atoms with E-state index in [2.05, 4.69) is 6.58 Å². The number of hydrogen-bond acceptors (Lipinski definition) is 3. The molecule has 0 radical (unpaired) electrons. The van der Waals surface area contributed by atoms with Gasteiger partial charge in [0.2, 0.25) is 0 Å². The molecule has 18 heavy (non-hydrogen) atoms. The van der Waals surface area contributed by atoms with E-state index in [0.29, 0.717) is 22.5 Å². The van der Waals surface area contributed by atoms with Gasteiger partial charge < -0.3 is 0 Å². The van der Waals surface area contributed by atoms with E-state index in [1.807, 2.05) is 12.1 Å². The van der Waals surface area contributed by atoms with Crippen molar-refractivity contribution in [1.29, 1.82) is 10.5 Å². The molecule has 1 aliphatic rings. The topological polar surface area (TPSA) is 67.9 Å². The quantitative estimate of drug-likeness (QED) is 0.749. The fraction of sp³-hybridized carbons (Fsp3) is 0.0714. The lowest BCUT2D eigenvalue weighted by molar-refractivity contribution is -0.113. The predicted octanol–water partition coefficient (Wildman–Crippen LogP) is 2.26. The van der Waals surface area contributed by atoms with Crippen LogP contribution in [-0.4, -0.2) is 5.91 Å². The van der Waals surface area contributed by atoms with Crippen LogP contribution < -0.4 is 4.90 Å². The number of amides is 1. The van der Waals surface area contributed by atoms with E-state index in [0.717, 1.165) is 0 Å². The van der Waals surface area contributed by atoms with E-state index in [1.54, 1.807) is 31.2 Å². The second-order valence-corrected chi connectivity index (χ2v) is 3.83. The number of allylic oxidation sites excluding steroid dienone is 1. The summed E-state index contributed by atoms with van der Waals surface area (Å²) in [6.07, 6.45) is 0. The zero-order chi connectivity index (χ0) is 13.3. The molecule has 1 aromatic rings. The van der Waals surface area contributed by atoms with Gasteiger partial charge in [0.1, 0.15) is 17.7 Å². The average Bonchev–Trinajstić information content (AvgIpc) is 2.60. The van der Waals surface area contributed by atoms with Gasteiger partial charge in [-0.15, -0.1) is 0 Å². The van der Waals surface area contributed by atoms with Crippen molar-refractivity contribution in [1.82, 2.24) is 0 Å². The third kappa shape index (κ3) is 1.49. The maximum Gasteiger partial charge on any atom is 0.273 e. The molecule has 2 rings (SSSR count). The van der Waals surface area contributed by atoms with E-state index in [9.17, 15) is 4.79 Å². The molecule has 0 spiro atoms. The molecule has 1 aliphatic heterocycles. The number of carbonyl (C=O) groups is 1. The van der Waals surface area contributed by atoms with E-state index >= 15 is 0 Å². The Kier molecular flexibility index (Phi) is 2.71. The van der Waals surface area contributed by atoms with Crippen LogP contribution in [0.4, 0.5) is 5.69 Å². The van der Waals surface area contributed by atoms with Gasteiger partial charge in [-0.1, -0.05) is 18.7 Å². The molecule has 0 bridgehead atoms. The monoisotopic (exact) mass is 235 g/mol. The molecule has 0 atom stereocenters. The van der Waals surface area contributed by atoms with Gasteiger partial charge in [-0.25, -0.2) is 0 Å². The van der Waals surface area contributed by atoms with Gasteiger partial charge >= 0.3 is 0 Å². The maximum atomic E-state index is 12.1. The molecule has 1 amide bonds. The second-order valence-electron chi connectivity index (χ2n) is 3.83. The molecule has 0 fully saturated rings. The molecule has 4 nitrogen and oxygen atoms in total. The van der Waals surface area contributed by atoms with Crippen LogP contribution in [0.5, 0.6) is 0 Å². The van der Waals surface area contributed by atoms with Gasteiger partial charge in [0.25, 0.3) is 5.91 Å². The first-order chi connectivity index (χ1) is 8.61. The number of benzene rings is 1. The largest absolute Gasteiger partial charge is 0.275 e. The summed E-state index contributed by atoms with van der Waals surface area (Å²) >= 11 is 0. The van der Waals surface area contributed by atoms with Crippen LogP contribution in [0.2, 0.25) is 0 Å². The lowest BCUT2D eigenvalue weighted by Gasteiger charge is -2.19. The molecule has 4 heteroatoms. The first kappa shape index (κ1) is 11.6. The fourth-order valence-corrected chi connectivity index (χ4v) is 1.86. The van der Waals surface area contributed by atoms with Gasteiger partial charge in [-0.3, -0.25) is 9.69 Å². The summed E-state index contributed by atoms with van der Waals surface area (Å²) in [6.45, 7) is 5.48. The number of hydrogen-bond donors (Lipinski definition) is 0. The van der Waals surface area contributed by atoms with Crippen LogP contribution in [0.3, 0.4) is 0 Å². The summed E-state index contributed by atoms with van der Waals surface area (Å²) in [4.78, 5) is 13.4. The van der Waals surface area contributed by atoms with Crippen LogP contribution in [0.25, 0.3) is 0 Å². The van der Waals surface area contributed by atoms with Gasteiger partial charge in [0.15, 0.2) is 0 Å². The first-order valence-electron chi connectivity index (χ1n) is 5.25. The Morgan fingerprint density at radius 3 is 2.44 bits per heavy atom. The van der Waals surface area contributed by atoms with Crippen molar-refractivity contribution in [2.75, 3.05) is 4.90 Å². The Morgan fingerprint density at radius 1 is 1.22 bits per heavy atom. The molecule has 1 heterocycles. The van der Waals surface area contributed by atoms with Crippen molar-refractivity contribution in [3.05, 3.63) is 53.3 Å². The molecule has 0 N–H and O–H groups in total. The third-order valence-electron chi connectivity index (χ3n) is 2.87. The van der Waals surface area contributed by atoms with Crippen molar-refractivity contribution in [2.24, 2.45) is 0 Å². The molecule has 0 aliphatic carbocycles. The van der Waals surface area contributed by atoms with Crippen molar-refractivity contribution < 1.29 is 4.79 Å². The van der Waals surface area contributed by atoms with Gasteiger partial charge in [-0.05, 0) is 24.6 Å².